The maximum Gasteiger partial charge on any atom is 0.314 e. The molecule has 6 heteroatoms. The average Bonchev–Trinajstić information content (AvgIpc) is 3.54. The summed E-state index contributed by atoms with van der Waals surface area (Å²) in [7, 11) is 0. The molecule has 2 fully saturated rings. The Bertz CT molecular complexity index is 606. The van der Waals surface area contributed by atoms with Gasteiger partial charge in [-0.3, -0.25) is 0 Å². The molecule has 4 aliphatic rings. The number of unbranched alkanes of at least 4 members (excludes halogenated alkanes) is 3. The van der Waals surface area contributed by atoms with Gasteiger partial charge in [-0.2, -0.15) is 0 Å². The molecule has 0 aromatic carbocycles. The summed E-state index contributed by atoms with van der Waals surface area (Å²) in [6.07, 6.45) is 18.4. The van der Waals surface area contributed by atoms with Crippen molar-refractivity contribution < 1.29 is 9.59 Å². The van der Waals surface area contributed by atoms with E-state index in [0.717, 1.165) is 50.6 Å². The third kappa shape index (κ3) is 5.79. The molecule has 0 heterocycles. The van der Waals surface area contributed by atoms with Gasteiger partial charge in [0.1, 0.15) is 0 Å². The van der Waals surface area contributed by atoms with E-state index in [0.29, 0.717) is 36.8 Å². The van der Waals surface area contributed by atoms with E-state index in [-0.39, 0.29) is 12.1 Å². The summed E-state index contributed by atoms with van der Waals surface area (Å²) in [5.41, 5.74) is 0. The van der Waals surface area contributed by atoms with E-state index in [1.807, 2.05) is 0 Å². The summed E-state index contributed by atoms with van der Waals surface area (Å²) < 4.78 is 0. The zero-order valence-electron chi connectivity index (χ0n) is 18.1. The van der Waals surface area contributed by atoms with Gasteiger partial charge in [-0.15, -0.1) is 0 Å². The van der Waals surface area contributed by atoms with E-state index in [9.17, 15) is 9.59 Å². The van der Waals surface area contributed by atoms with Crippen molar-refractivity contribution in [1.82, 2.24) is 21.3 Å². The van der Waals surface area contributed by atoms with Crippen LogP contribution < -0.4 is 21.3 Å². The molecule has 6 atom stereocenters. The highest BCUT2D eigenvalue weighted by Gasteiger charge is 2.36. The van der Waals surface area contributed by atoms with Crippen molar-refractivity contribution >= 4 is 12.1 Å². The molecule has 0 spiro atoms. The molecule has 2 saturated carbocycles. The lowest BCUT2D eigenvalue weighted by molar-refractivity contribution is 0.236. The van der Waals surface area contributed by atoms with Crippen LogP contribution in [0.3, 0.4) is 0 Å². The van der Waals surface area contributed by atoms with Crippen molar-refractivity contribution in [3.8, 4) is 0 Å². The second-order valence-electron chi connectivity index (χ2n) is 9.77. The minimum atomic E-state index is -0.0361. The second-order valence-corrected chi connectivity index (χ2v) is 9.77. The van der Waals surface area contributed by atoms with Crippen LogP contribution in [-0.2, 0) is 0 Å². The number of rotatable bonds is 11. The molecule has 0 radical (unpaired) electrons. The summed E-state index contributed by atoms with van der Waals surface area (Å²) in [6, 6.07) is -0.0721. The highest BCUT2D eigenvalue weighted by molar-refractivity contribution is 5.74. The lowest BCUT2D eigenvalue weighted by atomic mass is 9.94. The van der Waals surface area contributed by atoms with Gasteiger partial charge in [-0.1, -0.05) is 37.1 Å². The Morgan fingerprint density at radius 3 is 1.43 bits per heavy atom. The largest absolute Gasteiger partial charge is 0.338 e. The molecule has 0 aliphatic heterocycles. The topological polar surface area (TPSA) is 82.3 Å². The molecule has 0 unspecified atom stereocenters. The van der Waals surface area contributed by atoms with Crippen molar-refractivity contribution in [2.45, 2.75) is 51.4 Å². The van der Waals surface area contributed by atoms with Crippen LogP contribution >= 0.6 is 0 Å². The van der Waals surface area contributed by atoms with E-state index < -0.39 is 0 Å². The Labute approximate surface area is 180 Å². The summed E-state index contributed by atoms with van der Waals surface area (Å²) in [6.45, 7) is 3.02. The summed E-state index contributed by atoms with van der Waals surface area (Å²) in [5.74, 6) is 4.12. The first-order valence-electron chi connectivity index (χ1n) is 12.1. The van der Waals surface area contributed by atoms with E-state index in [2.05, 4.69) is 45.6 Å². The van der Waals surface area contributed by atoms with Crippen LogP contribution in [-0.4, -0.2) is 38.2 Å². The monoisotopic (exact) mass is 414 g/mol. The van der Waals surface area contributed by atoms with Crippen molar-refractivity contribution in [3.05, 3.63) is 24.3 Å². The highest BCUT2D eigenvalue weighted by atomic mass is 16.2. The third-order valence-corrected chi connectivity index (χ3v) is 7.56. The minimum Gasteiger partial charge on any atom is -0.338 e. The first-order valence-corrected chi connectivity index (χ1v) is 12.1. The van der Waals surface area contributed by atoms with Crippen molar-refractivity contribution in [2.24, 2.45) is 35.5 Å². The number of fused-ring (bicyclic) bond motifs is 4. The molecule has 30 heavy (non-hydrogen) atoms. The van der Waals surface area contributed by atoms with Gasteiger partial charge in [0, 0.05) is 26.2 Å². The third-order valence-electron chi connectivity index (χ3n) is 7.56. The fourth-order valence-electron chi connectivity index (χ4n) is 5.84. The van der Waals surface area contributed by atoms with Crippen LogP contribution in [0.1, 0.15) is 51.4 Å². The molecule has 166 valence electrons. The highest BCUT2D eigenvalue weighted by Crippen LogP contribution is 2.43. The molecule has 0 aromatic heterocycles. The van der Waals surface area contributed by atoms with Gasteiger partial charge >= 0.3 is 12.1 Å². The van der Waals surface area contributed by atoms with E-state index in [1.54, 1.807) is 0 Å². The van der Waals surface area contributed by atoms with Crippen LogP contribution in [0, 0.1) is 35.5 Å². The standard InChI is InChI=1S/C24H38N4O2/c29-23(27-15-21-13-17-5-7-19(21)11-17)25-9-3-1-2-4-10-26-24(30)28-16-22-14-18-6-8-20(22)12-18/h5-8,17-22H,1-4,9-16H2,(H2,25,27,29)(H2,26,28,30)/t17-,18-,19-,20-,21-,22+/m0/s1. The zero-order chi connectivity index (χ0) is 20.8. The zero-order valence-corrected chi connectivity index (χ0v) is 18.1. The van der Waals surface area contributed by atoms with E-state index in [1.165, 1.54) is 25.7 Å². The Kier molecular flexibility index (Phi) is 7.34. The van der Waals surface area contributed by atoms with Gasteiger partial charge in [-0.25, -0.2) is 9.59 Å². The van der Waals surface area contributed by atoms with E-state index in [4.69, 9.17) is 0 Å². The lowest BCUT2D eigenvalue weighted by Crippen LogP contribution is -2.39. The fourth-order valence-corrected chi connectivity index (χ4v) is 5.84. The summed E-state index contributed by atoms with van der Waals surface area (Å²) in [4.78, 5) is 23.8. The molecular weight excluding hydrogens is 376 g/mol. The average molecular weight is 415 g/mol. The number of nitrogens with one attached hydrogen (secondary N) is 4. The predicted molar refractivity (Wildman–Crippen MR) is 119 cm³/mol. The van der Waals surface area contributed by atoms with Crippen molar-refractivity contribution in [1.29, 1.82) is 0 Å². The molecule has 4 N–H and O–H groups in total. The SMILES string of the molecule is O=C(NCCCCCCNC(=O)NC[C@H]1C[C@H]2C=C[C@H]1C2)NC[C@@H]1C[C@H]2C=C[C@H]1C2. The Morgan fingerprint density at radius 1 is 0.600 bits per heavy atom. The second kappa shape index (κ2) is 10.4. The van der Waals surface area contributed by atoms with Gasteiger partial charge in [0.2, 0.25) is 0 Å². The number of amides is 4. The number of urea groups is 2. The van der Waals surface area contributed by atoms with Gasteiger partial charge in [0.25, 0.3) is 0 Å². The Balaban J connectivity index is 0.927. The number of carbonyl (C=O) groups excluding carboxylic acids is 2. The minimum absolute atomic E-state index is 0.0361. The molecular formula is C24H38N4O2. The molecule has 4 rings (SSSR count). The summed E-state index contributed by atoms with van der Waals surface area (Å²) >= 11 is 0. The molecule has 4 amide bonds. The molecule has 6 nitrogen and oxygen atoms in total. The van der Waals surface area contributed by atoms with E-state index >= 15 is 0 Å². The van der Waals surface area contributed by atoms with Crippen LogP contribution in [0.5, 0.6) is 0 Å². The van der Waals surface area contributed by atoms with Crippen LogP contribution in [0.4, 0.5) is 9.59 Å². The van der Waals surface area contributed by atoms with Gasteiger partial charge in [-0.05, 0) is 74.0 Å². The molecule has 4 bridgehead atoms. The molecule has 0 saturated heterocycles. The molecule has 4 aliphatic carbocycles. The van der Waals surface area contributed by atoms with Gasteiger partial charge in [0.05, 0.1) is 0 Å². The van der Waals surface area contributed by atoms with Crippen LogP contribution in [0.15, 0.2) is 24.3 Å². The normalized spacial score (nSPS) is 32.5. The first kappa shape index (κ1) is 21.3. The number of hydrogen-bond donors (Lipinski definition) is 4. The van der Waals surface area contributed by atoms with Crippen LogP contribution in [0.2, 0.25) is 0 Å². The van der Waals surface area contributed by atoms with Crippen molar-refractivity contribution in [2.75, 3.05) is 26.2 Å². The number of allylic oxidation sites excluding steroid dienone is 4. The maximum absolute atomic E-state index is 11.9. The lowest BCUT2D eigenvalue weighted by Gasteiger charge is -2.18. The first-order chi connectivity index (χ1) is 14.7. The number of hydrogen-bond acceptors (Lipinski definition) is 2. The smallest absolute Gasteiger partial charge is 0.314 e. The maximum atomic E-state index is 11.9. The van der Waals surface area contributed by atoms with Crippen LogP contribution in [0.25, 0.3) is 0 Å². The number of carbonyl (C=O) groups is 2. The Hall–Kier alpha value is -1.98. The summed E-state index contributed by atoms with van der Waals surface area (Å²) in [5, 5.41) is 12.0. The Morgan fingerprint density at radius 2 is 1.07 bits per heavy atom. The van der Waals surface area contributed by atoms with Gasteiger partial charge < -0.3 is 21.3 Å². The fraction of sp³-hybridized carbons (Fsp3) is 0.750. The van der Waals surface area contributed by atoms with Crippen molar-refractivity contribution in [3.63, 3.8) is 0 Å². The predicted octanol–water partition coefficient (Wildman–Crippen LogP) is 3.57. The quantitative estimate of drug-likeness (QED) is 0.308. The molecule has 0 aromatic rings. The van der Waals surface area contributed by atoms with Gasteiger partial charge in [0.15, 0.2) is 0 Å².